The average Bonchev–Trinajstić information content (AvgIpc) is 3.03. The normalized spacial score (nSPS) is 23.5. The van der Waals surface area contributed by atoms with E-state index in [2.05, 4.69) is 32.7 Å². The quantitative estimate of drug-likeness (QED) is 0.896. The minimum absolute atomic E-state index is 0.272. The standard InChI is InChI=1S/C17H25BrN2O/c1-13(16-12-14(18)6-7-17(16)21)19-8-10-20(11-9-19)15-4-2-3-5-15/h6-7,12-13,15,21H,2-5,8-11H2,1H3. The molecule has 1 saturated heterocycles. The number of piperazine rings is 1. The summed E-state index contributed by atoms with van der Waals surface area (Å²) >= 11 is 3.51. The maximum atomic E-state index is 10.1. The second-order valence-corrected chi connectivity index (χ2v) is 7.31. The van der Waals surface area contributed by atoms with E-state index in [1.54, 1.807) is 6.07 Å². The summed E-state index contributed by atoms with van der Waals surface area (Å²) in [7, 11) is 0. The maximum absolute atomic E-state index is 10.1. The molecule has 1 aromatic rings. The summed E-state index contributed by atoms with van der Waals surface area (Å²) < 4.78 is 1.03. The van der Waals surface area contributed by atoms with Crippen molar-refractivity contribution < 1.29 is 5.11 Å². The average molecular weight is 353 g/mol. The van der Waals surface area contributed by atoms with E-state index in [1.807, 2.05) is 12.1 Å². The number of phenols is 1. The SMILES string of the molecule is CC(c1cc(Br)ccc1O)N1CCN(C2CCCC2)CC1. The fraction of sp³-hybridized carbons (Fsp3) is 0.647. The Hall–Kier alpha value is -0.580. The van der Waals surface area contributed by atoms with E-state index in [0.717, 1.165) is 29.2 Å². The molecule has 2 fully saturated rings. The van der Waals surface area contributed by atoms with Gasteiger partial charge in [0.05, 0.1) is 0 Å². The Morgan fingerprint density at radius 3 is 2.48 bits per heavy atom. The van der Waals surface area contributed by atoms with Gasteiger partial charge in [-0.25, -0.2) is 0 Å². The smallest absolute Gasteiger partial charge is 0.120 e. The van der Waals surface area contributed by atoms with Gasteiger partial charge in [0.15, 0.2) is 0 Å². The van der Waals surface area contributed by atoms with E-state index in [1.165, 1.54) is 38.8 Å². The van der Waals surface area contributed by atoms with Crippen molar-refractivity contribution in [1.82, 2.24) is 9.80 Å². The zero-order valence-electron chi connectivity index (χ0n) is 12.8. The molecule has 1 aliphatic heterocycles. The Labute approximate surface area is 136 Å². The predicted octanol–water partition coefficient (Wildman–Crippen LogP) is 3.78. The molecule has 1 aliphatic carbocycles. The summed E-state index contributed by atoms with van der Waals surface area (Å²) in [6, 6.07) is 6.83. The van der Waals surface area contributed by atoms with Gasteiger partial charge in [-0.15, -0.1) is 0 Å². The molecule has 1 saturated carbocycles. The van der Waals surface area contributed by atoms with Crippen LogP contribution in [-0.4, -0.2) is 47.1 Å². The van der Waals surface area contributed by atoms with E-state index >= 15 is 0 Å². The lowest BCUT2D eigenvalue weighted by atomic mass is 10.0. The van der Waals surface area contributed by atoms with Gasteiger partial charge in [0.1, 0.15) is 5.75 Å². The molecule has 1 atom stereocenters. The number of halogens is 1. The van der Waals surface area contributed by atoms with E-state index in [4.69, 9.17) is 0 Å². The highest BCUT2D eigenvalue weighted by Crippen LogP contribution is 2.32. The van der Waals surface area contributed by atoms with Crippen LogP contribution < -0.4 is 0 Å². The van der Waals surface area contributed by atoms with Crippen LogP contribution in [0.3, 0.4) is 0 Å². The molecule has 3 nitrogen and oxygen atoms in total. The van der Waals surface area contributed by atoms with E-state index in [9.17, 15) is 5.11 Å². The maximum Gasteiger partial charge on any atom is 0.120 e. The van der Waals surface area contributed by atoms with Gasteiger partial charge in [0.25, 0.3) is 0 Å². The molecule has 21 heavy (non-hydrogen) atoms. The third-order valence-electron chi connectivity index (χ3n) is 5.18. The van der Waals surface area contributed by atoms with Crippen molar-refractivity contribution >= 4 is 15.9 Å². The highest BCUT2D eigenvalue weighted by atomic mass is 79.9. The number of hydrogen-bond donors (Lipinski definition) is 1. The molecular weight excluding hydrogens is 328 g/mol. The predicted molar refractivity (Wildman–Crippen MR) is 89.6 cm³/mol. The Morgan fingerprint density at radius 2 is 1.81 bits per heavy atom. The van der Waals surface area contributed by atoms with Crippen LogP contribution in [0.4, 0.5) is 0 Å². The molecule has 0 spiro atoms. The number of hydrogen-bond acceptors (Lipinski definition) is 3. The fourth-order valence-corrected chi connectivity index (χ4v) is 4.19. The van der Waals surface area contributed by atoms with Gasteiger partial charge >= 0.3 is 0 Å². The Balaban J connectivity index is 1.62. The van der Waals surface area contributed by atoms with Gasteiger partial charge in [-0.2, -0.15) is 0 Å². The number of nitrogens with zero attached hydrogens (tertiary/aromatic N) is 2. The van der Waals surface area contributed by atoms with Crippen LogP contribution >= 0.6 is 15.9 Å². The van der Waals surface area contributed by atoms with E-state index < -0.39 is 0 Å². The second-order valence-electron chi connectivity index (χ2n) is 6.39. The summed E-state index contributed by atoms with van der Waals surface area (Å²) in [5, 5.41) is 10.1. The Morgan fingerprint density at radius 1 is 1.14 bits per heavy atom. The van der Waals surface area contributed by atoms with Crippen LogP contribution in [0.5, 0.6) is 5.75 Å². The summed E-state index contributed by atoms with van der Waals surface area (Å²) in [6.07, 6.45) is 5.60. The van der Waals surface area contributed by atoms with Crippen molar-refractivity contribution in [2.75, 3.05) is 26.2 Å². The van der Waals surface area contributed by atoms with Crippen LogP contribution in [-0.2, 0) is 0 Å². The molecule has 1 heterocycles. The number of aromatic hydroxyl groups is 1. The monoisotopic (exact) mass is 352 g/mol. The van der Waals surface area contributed by atoms with Crippen LogP contribution in [0.25, 0.3) is 0 Å². The number of benzene rings is 1. The highest BCUT2D eigenvalue weighted by Gasteiger charge is 2.28. The van der Waals surface area contributed by atoms with Crippen LogP contribution in [0, 0.1) is 0 Å². The molecule has 0 aromatic heterocycles. The molecule has 0 bridgehead atoms. The Bertz CT molecular complexity index is 480. The van der Waals surface area contributed by atoms with Crippen molar-refractivity contribution in [3.63, 3.8) is 0 Å². The largest absolute Gasteiger partial charge is 0.508 e. The summed E-state index contributed by atoms with van der Waals surface area (Å²) in [5.74, 6) is 0.406. The summed E-state index contributed by atoms with van der Waals surface area (Å²) in [4.78, 5) is 5.17. The van der Waals surface area contributed by atoms with Gasteiger partial charge in [-0.05, 0) is 38.0 Å². The van der Waals surface area contributed by atoms with Gasteiger partial charge in [0, 0.05) is 48.3 Å². The van der Waals surface area contributed by atoms with E-state index in [0.29, 0.717) is 5.75 Å². The number of phenolic OH excluding ortho intramolecular Hbond substituents is 1. The van der Waals surface area contributed by atoms with Crippen LogP contribution in [0.15, 0.2) is 22.7 Å². The fourth-order valence-electron chi connectivity index (χ4n) is 3.82. The van der Waals surface area contributed by atoms with Gasteiger partial charge < -0.3 is 5.11 Å². The van der Waals surface area contributed by atoms with Gasteiger partial charge in [0.2, 0.25) is 0 Å². The minimum atomic E-state index is 0.272. The molecule has 0 radical (unpaired) electrons. The molecule has 1 N–H and O–H groups in total. The van der Waals surface area contributed by atoms with Crippen molar-refractivity contribution in [1.29, 1.82) is 0 Å². The first-order valence-electron chi connectivity index (χ1n) is 8.11. The summed E-state index contributed by atoms with van der Waals surface area (Å²) in [5.41, 5.74) is 1.03. The summed E-state index contributed by atoms with van der Waals surface area (Å²) in [6.45, 7) is 6.74. The lowest BCUT2D eigenvalue weighted by Crippen LogP contribution is -2.50. The molecule has 1 aromatic carbocycles. The first kappa shape index (κ1) is 15.3. The van der Waals surface area contributed by atoms with Crippen LogP contribution in [0.1, 0.15) is 44.2 Å². The molecule has 116 valence electrons. The van der Waals surface area contributed by atoms with Gasteiger partial charge in [-0.3, -0.25) is 9.80 Å². The Kier molecular flexibility index (Phi) is 4.87. The molecular formula is C17H25BrN2O. The molecule has 2 aliphatic rings. The molecule has 1 unspecified atom stereocenters. The van der Waals surface area contributed by atoms with Crippen molar-refractivity contribution in [3.05, 3.63) is 28.2 Å². The molecule has 3 rings (SSSR count). The molecule has 4 heteroatoms. The lowest BCUT2D eigenvalue weighted by Gasteiger charge is -2.40. The zero-order chi connectivity index (χ0) is 14.8. The number of rotatable bonds is 3. The third kappa shape index (κ3) is 3.43. The topological polar surface area (TPSA) is 26.7 Å². The van der Waals surface area contributed by atoms with Crippen molar-refractivity contribution in [2.24, 2.45) is 0 Å². The van der Waals surface area contributed by atoms with Gasteiger partial charge in [-0.1, -0.05) is 28.8 Å². The second kappa shape index (κ2) is 6.67. The van der Waals surface area contributed by atoms with E-state index in [-0.39, 0.29) is 6.04 Å². The zero-order valence-corrected chi connectivity index (χ0v) is 14.3. The first-order chi connectivity index (χ1) is 10.1. The first-order valence-corrected chi connectivity index (χ1v) is 8.91. The molecule has 0 amide bonds. The highest BCUT2D eigenvalue weighted by molar-refractivity contribution is 9.10. The van der Waals surface area contributed by atoms with Crippen molar-refractivity contribution in [3.8, 4) is 5.75 Å². The minimum Gasteiger partial charge on any atom is -0.508 e. The third-order valence-corrected chi connectivity index (χ3v) is 5.67. The van der Waals surface area contributed by atoms with Crippen molar-refractivity contribution in [2.45, 2.75) is 44.7 Å². The lowest BCUT2D eigenvalue weighted by molar-refractivity contribution is 0.0744. The van der Waals surface area contributed by atoms with Crippen LogP contribution in [0.2, 0.25) is 0 Å².